The van der Waals surface area contributed by atoms with Gasteiger partial charge in [-0.25, -0.2) is 5.84 Å². The van der Waals surface area contributed by atoms with Crippen LogP contribution in [0.4, 0.5) is 5.82 Å². The molecular formula is C7H12N4S. The predicted octanol–water partition coefficient (Wildman–Crippen LogP) is 1.26. The number of nitrogens with two attached hydrogens (primary N) is 1. The van der Waals surface area contributed by atoms with Crippen molar-refractivity contribution in [3.8, 4) is 0 Å². The standard InChI is InChI=1S/C7H12N4S/c1-5(2)12-7-4-3-6(9-8)10-11-7/h3-5H,8H2,1-2H3,(H,9,10). The van der Waals surface area contributed by atoms with Crippen LogP contribution in [0.25, 0.3) is 0 Å². The number of rotatable bonds is 3. The second-order valence-corrected chi connectivity index (χ2v) is 4.16. The molecule has 0 saturated carbocycles. The number of hydrogen-bond donors (Lipinski definition) is 2. The summed E-state index contributed by atoms with van der Waals surface area (Å²) in [5.74, 6) is 5.73. The molecule has 4 nitrogen and oxygen atoms in total. The van der Waals surface area contributed by atoms with E-state index in [1.165, 1.54) is 0 Å². The largest absolute Gasteiger partial charge is 0.307 e. The minimum absolute atomic E-state index is 0.524. The molecule has 0 atom stereocenters. The van der Waals surface area contributed by atoms with Crippen molar-refractivity contribution in [1.82, 2.24) is 10.2 Å². The lowest BCUT2D eigenvalue weighted by Gasteiger charge is -2.02. The summed E-state index contributed by atoms with van der Waals surface area (Å²) in [6, 6.07) is 3.70. The predicted molar refractivity (Wildman–Crippen MR) is 50.8 cm³/mol. The minimum Gasteiger partial charge on any atom is -0.307 e. The van der Waals surface area contributed by atoms with Crippen molar-refractivity contribution >= 4 is 17.6 Å². The first kappa shape index (κ1) is 9.28. The first-order valence-electron chi connectivity index (χ1n) is 3.69. The molecule has 0 aromatic carbocycles. The number of hydrazine groups is 1. The van der Waals surface area contributed by atoms with Crippen molar-refractivity contribution in [1.29, 1.82) is 0 Å². The Hall–Kier alpha value is -0.810. The molecule has 0 unspecified atom stereocenters. The summed E-state index contributed by atoms with van der Waals surface area (Å²) >= 11 is 1.68. The SMILES string of the molecule is CC(C)Sc1ccc(NN)nn1. The third-order valence-corrected chi connectivity index (χ3v) is 2.08. The molecule has 12 heavy (non-hydrogen) atoms. The molecular weight excluding hydrogens is 172 g/mol. The molecule has 0 fully saturated rings. The average molecular weight is 184 g/mol. The third kappa shape index (κ3) is 2.67. The van der Waals surface area contributed by atoms with Gasteiger partial charge in [0, 0.05) is 5.25 Å². The molecule has 0 spiro atoms. The maximum atomic E-state index is 5.14. The van der Waals surface area contributed by atoms with E-state index in [4.69, 9.17) is 5.84 Å². The number of aromatic nitrogens is 2. The third-order valence-electron chi connectivity index (χ3n) is 1.14. The Morgan fingerprint density at radius 3 is 2.58 bits per heavy atom. The van der Waals surface area contributed by atoms with E-state index in [2.05, 4.69) is 29.5 Å². The molecule has 0 aliphatic carbocycles. The monoisotopic (exact) mass is 184 g/mol. The summed E-state index contributed by atoms with van der Waals surface area (Å²) < 4.78 is 0. The van der Waals surface area contributed by atoms with E-state index < -0.39 is 0 Å². The van der Waals surface area contributed by atoms with Crippen LogP contribution in [0, 0.1) is 0 Å². The zero-order chi connectivity index (χ0) is 8.97. The van der Waals surface area contributed by atoms with Gasteiger partial charge in [-0.1, -0.05) is 13.8 Å². The van der Waals surface area contributed by atoms with Gasteiger partial charge in [0.25, 0.3) is 0 Å². The molecule has 0 saturated heterocycles. The normalized spacial score (nSPS) is 10.3. The molecule has 3 N–H and O–H groups in total. The van der Waals surface area contributed by atoms with Crippen molar-refractivity contribution in [2.75, 3.05) is 5.43 Å². The molecule has 0 aliphatic heterocycles. The van der Waals surface area contributed by atoms with Crippen molar-refractivity contribution in [2.24, 2.45) is 5.84 Å². The highest BCUT2D eigenvalue weighted by Crippen LogP contribution is 2.19. The molecule has 66 valence electrons. The number of thioether (sulfide) groups is 1. The summed E-state index contributed by atoms with van der Waals surface area (Å²) in [5, 5.41) is 9.25. The van der Waals surface area contributed by atoms with Crippen LogP contribution >= 0.6 is 11.8 Å². The Bertz CT molecular complexity index is 234. The lowest BCUT2D eigenvalue weighted by molar-refractivity contribution is 0.921. The highest BCUT2D eigenvalue weighted by molar-refractivity contribution is 7.99. The molecule has 1 aromatic rings. The summed E-state index contributed by atoms with van der Waals surface area (Å²) in [6.07, 6.45) is 0. The van der Waals surface area contributed by atoms with Crippen LogP contribution in [0.1, 0.15) is 13.8 Å². The van der Waals surface area contributed by atoms with Crippen LogP contribution < -0.4 is 11.3 Å². The molecule has 0 aliphatic rings. The minimum atomic E-state index is 0.524. The van der Waals surface area contributed by atoms with E-state index in [9.17, 15) is 0 Å². The Labute approximate surface area is 75.9 Å². The molecule has 0 bridgehead atoms. The van der Waals surface area contributed by atoms with Gasteiger partial charge in [0.1, 0.15) is 5.03 Å². The summed E-state index contributed by atoms with van der Waals surface area (Å²) in [5.41, 5.74) is 2.42. The quantitative estimate of drug-likeness (QED) is 0.420. The van der Waals surface area contributed by atoms with Crippen molar-refractivity contribution < 1.29 is 0 Å². The van der Waals surface area contributed by atoms with E-state index >= 15 is 0 Å². The van der Waals surface area contributed by atoms with Gasteiger partial charge >= 0.3 is 0 Å². The fraction of sp³-hybridized carbons (Fsp3) is 0.429. The topological polar surface area (TPSA) is 63.8 Å². The number of nitrogens with zero attached hydrogens (tertiary/aromatic N) is 2. The molecule has 1 rings (SSSR count). The molecule has 0 amide bonds. The maximum Gasteiger partial charge on any atom is 0.162 e. The highest BCUT2D eigenvalue weighted by Gasteiger charge is 1.99. The van der Waals surface area contributed by atoms with Gasteiger partial charge < -0.3 is 5.43 Å². The second-order valence-electron chi connectivity index (χ2n) is 2.57. The van der Waals surface area contributed by atoms with Crippen LogP contribution in [0.5, 0.6) is 0 Å². The number of hydrogen-bond acceptors (Lipinski definition) is 5. The molecule has 5 heteroatoms. The van der Waals surface area contributed by atoms with Gasteiger partial charge in [0.2, 0.25) is 0 Å². The van der Waals surface area contributed by atoms with E-state index in [0.29, 0.717) is 11.1 Å². The van der Waals surface area contributed by atoms with Crippen molar-refractivity contribution in [2.45, 2.75) is 24.1 Å². The highest BCUT2D eigenvalue weighted by atomic mass is 32.2. The fourth-order valence-electron chi connectivity index (χ4n) is 0.701. The lowest BCUT2D eigenvalue weighted by Crippen LogP contribution is -2.09. The average Bonchev–Trinajstić information content (AvgIpc) is 2.05. The van der Waals surface area contributed by atoms with Gasteiger partial charge in [0.15, 0.2) is 5.82 Å². The smallest absolute Gasteiger partial charge is 0.162 e. The maximum absolute atomic E-state index is 5.14. The zero-order valence-corrected chi connectivity index (χ0v) is 7.93. The lowest BCUT2D eigenvalue weighted by atomic mass is 10.5. The van der Waals surface area contributed by atoms with Gasteiger partial charge in [-0.3, -0.25) is 0 Å². The van der Waals surface area contributed by atoms with Crippen molar-refractivity contribution in [3.63, 3.8) is 0 Å². The second kappa shape index (κ2) is 4.27. The Morgan fingerprint density at radius 2 is 2.17 bits per heavy atom. The first-order valence-corrected chi connectivity index (χ1v) is 4.57. The number of nitrogen functional groups attached to an aromatic ring is 1. The van der Waals surface area contributed by atoms with Gasteiger partial charge in [-0.05, 0) is 12.1 Å². The zero-order valence-electron chi connectivity index (χ0n) is 7.11. The first-order chi connectivity index (χ1) is 5.72. The van der Waals surface area contributed by atoms with E-state index in [1.807, 2.05) is 6.07 Å². The summed E-state index contributed by atoms with van der Waals surface area (Å²) in [7, 11) is 0. The van der Waals surface area contributed by atoms with E-state index in [0.717, 1.165) is 5.03 Å². The van der Waals surface area contributed by atoms with Crippen molar-refractivity contribution in [3.05, 3.63) is 12.1 Å². The van der Waals surface area contributed by atoms with Crippen LogP contribution in [0.15, 0.2) is 17.2 Å². The number of anilines is 1. The van der Waals surface area contributed by atoms with Gasteiger partial charge in [-0.15, -0.1) is 22.0 Å². The summed E-state index contributed by atoms with van der Waals surface area (Å²) in [4.78, 5) is 0. The number of nitrogens with one attached hydrogen (secondary N) is 1. The molecule has 0 radical (unpaired) electrons. The van der Waals surface area contributed by atoms with Crippen LogP contribution in [-0.4, -0.2) is 15.4 Å². The Morgan fingerprint density at radius 1 is 1.42 bits per heavy atom. The summed E-state index contributed by atoms with van der Waals surface area (Å²) in [6.45, 7) is 4.23. The molecule has 1 aromatic heterocycles. The Kier molecular flexibility index (Phi) is 3.31. The van der Waals surface area contributed by atoms with Crippen LogP contribution in [0.2, 0.25) is 0 Å². The van der Waals surface area contributed by atoms with Gasteiger partial charge in [-0.2, -0.15) is 0 Å². The van der Waals surface area contributed by atoms with Gasteiger partial charge in [0.05, 0.1) is 0 Å². The molecule has 1 heterocycles. The van der Waals surface area contributed by atoms with E-state index in [1.54, 1.807) is 17.8 Å². The van der Waals surface area contributed by atoms with Crippen LogP contribution in [0.3, 0.4) is 0 Å². The van der Waals surface area contributed by atoms with E-state index in [-0.39, 0.29) is 0 Å². The Balaban J connectivity index is 2.65. The fourth-order valence-corrected chi connectivity index (χ4v) is 1.42. The van der Waals surface area contributed by atoms with Crippen LogP contribution in [-0.2, 0) is 0 Å².